The molecule has 0 fully saturated rings. The predicted octanol–water partition coefficient (Wildman–Crippen LogP) is 4.07. The van der Waals surface area contributed by atoms with Crippen molar-refractivity contribution in [2.24, 2.45) is 0 Å². The molecular weight excluding hydrogens is 337 g/mol. The topological polar surface area (TPSA) is 3.24 Å². The molecule has 0 atom stereocenters. The number of thioether (sulfide) groups is 1. The fourth-order valence-electron chi connectivity index (χ4n) is 1.24. The SMILES string of the molecule is CN(C)C(=S)[Se]/C(=C\c1ccccc1)SC(C)(C)C. The van der Waals surface area contributed by atoms with Crippen LogP contribution in [0.3, 0.4) is 0 Å². The van der Waals surface area contributed by atoms with Gasteiger partial charge in [0, 0.05) is 0 Å². The van der Waals surface area contributed by atoms with E-state index in [-0.39, 0.29) is 19.7 Å². The summed E-state index contributed by atoms with van der Waals surface area (Å²) in [5.41, 5.74) is 1.25. The van der Waals surface area contributed by atoms with Gasteiger partial charge >= 0.3 is 133 Å². The second-order valence-electron chi connectivity index (χ2n) is 5.35. The average molecular weight is 358 g/mol. The molecule has 0 radical (unpaired) electrons. The van der Waals surface area contributed by atoms with Gasteiger partial charge in [-0.15, -0.1) is 0 Å². The molecule has 0 unspecified atom stereocenters. The monoisotopic (exact) mass is 359 g/mol. The van der Waals surface area contributed by atoms with Crippen LogP contribution in [0.5, 0.6) is 0 Å². The molecule has 0 aliphatic rings. The summed E-state index contributed by atoms with van der Waals surface area (Å²) in [6, 6.07) is 10.5. The molecule has 1 aromatic carbocycles. The van der Waals surface area contributed by atoms with E-state index in [1.54, 1.807) is 0 Å². The molecule has 0 bridgehead atoms. The summed E-state index contributed by atoms with van der Waals surface area (Å²) in [6.45, 7) is 6.72. The van der Waals surface area contributed by atoms with Crippen molar-refractivity contribution in [1.29, 1.82) is 0 Å². The second-order valence-corrected chi connectivity index (χ2v) is 10.9. The molecule has 0 aromatic heterocycles. The molecule has 104 valence electrons. The van der Waals surface area contributed by atoms with Crippen LogP contribution in [0, 0.1) is 0 Å². The van der Waals surface area contributed by atoms with Gasteiger partial charge in [0.25, 0.3) is 0 Å². The molecule has 1 aromatic rings. The zero-order valence-electron chi connectivity index (χ0n) is 12.1. The van der Waals surface area contributed by atoms with E-state index in [0.717, 1.165) is 3.89 Å². The van der Waals surface area contributed by atoms with Crippen LogP contribution in [-0.2, 0) is 0 Å². The summed E-state index contributed by atoms with van der Waals surface area (Å²) < 4.78 is 2.63. The van der Waals surface area contributed by atoms with Crippen LogP contribution in [0.15, 0.2) is 34.1 Å². The predicted molar refractivity (Wildman–Crippen MR) is 93.8 cm³/mol. The first-order valence-electron chi connectivity index (χ1n) is 6.13. The Kier molecular flexibility index (Phi) is 6.61. The van der Waals surface area contributed by atoms with E-state index in [1.165, 1.54) is 9.37 Å². The number of nitrogens with zero attached hydrogens (tertiary/aromatic N) is 1. The Morgan fingerprint density at radius 3 is 2.26 bits per heavy atom. The van der Waals surface area contributed by atoms with Gasteiger partial charge in [-0.1, -0.05) is 0 Å². The third kappa shape index (κ3) is 7.17. The number of hydrogen-bond donors (Lipinski definition) is 0. The van der Waals surface area contributed by atoms with Crippen molar-refractivity contribution >= 4 is 48.9 Å². The van der Waals surface area contributed by atoms with Crippen LogP contribution in [0.25, 0.3) is 6.08 Å². The zero-order chi connectivity index (χ0) is 14.5. The molecule has 0 amide bonds. The van der Waals surface area contributed by atoms with Crippen LogP contribution in [-0.4, -0.2) is 42.6 Å². The normalized spacial score (nSPS) is 12.4. The van der Waals surface area contributed by atoms with Gasteiger partial charge in [-0.3, -0.25) is 0 Å². The van der Waals surface area contributed by atoms with Crippen molar-refractivity contribution in [3.8, 4) is 0 Å². The maximum absolute atomic E-state index is 5.46. The van der Waals surface area contributed by atoms with Gasteiger partial charge in [-0.2, -0.15) is 0 Å². The first-order chi connectivity index (χ1) is 8.78. The Balaban J connectivity index is 2.92. The Morgan fingerprint density at radius 1 is 1.21 bits per heavy atom. The van der Waals surface area contributed by atoms with Crippen molar-refractivity contribution in [2.45, 2.75) is 25.5 Å². The average Bonchev–Trinajstić information content (AvgIpc) is 2.27. The van der Waals surface area contributed by atoms with E-state index in [9.17, 15) is 0 Å². The minimum atomic E-state index is 0.213. The zero-order valence-corrected chi connectivity index (χ0v) is 15.5. The van der Waals surface area contributed by atoms with E-state index < -0.39 is 0 Å². The Hall–Kier alpha value is -0.281. The third-order valence-corrected chi connectivity index (χ3v) is 6.53. The van der Waals surface area contributed by atoms with Gasteiger partial charge in [-0.25, -0.2) is 0 Å². The van der Waals surface area contributed by atoms with Crippen LogP contribution in [0.2, 0.25) is 0 Å². The van der Waals surface area contributed by atoms with Crippen LogP contribution >= 0.6 is 24.0 Å². The number of thiocarbonyl (C=S) groups is 1. The fourth-order valence-corrected chi connectivity index (χ4v) is 6.22. The van der Waals surface area contributed by atoms with Gasteiger partial charge in [0.15, 0.2) is 0 Å². The summed E-state index contributed by atoms with van der Waals surface area (Å²) in [4.78, 5) is 2.04. The molecule has 4 heteroatoms. The van der Waals surface area contributed by atoms with Crippen molar-refractivity contribution in [2.75, 3.05) is 14.1 Å². The quantitative estimate of drug-likeness (QED) is 0.590. The van der Waals surface area contributed by atoms with E-state index in [0.29, 0.717) is 0 Å². The van der Waals surface area contributed by atoms with E-state index >= 15 is 0 Å². The molecule has 0 spiro atoms. The molecule has 0 N–H and O–H groups in total. The molecule has 0 aliphatic heterocycles. The molecule has 19 heavy (non-hydrogen) atoms. The van der Waals surface area contributed by atoms with Gasteiger partial charge in [0.1, 0.15) is 0 Å². The first-order valence-corrected chi connectivity index (χ1v) is 9.06. The maximum atomic E-state index is 5.46. The first kappa shape index (κ1) is 16.8. The fraction of sp³-hybridized carbons (Fsp3) is 0.400. The minimum absolute atomic E-state index is 0.213. The number of benzene rings is 1. The molecule has 1 rings (SSSR count). The van der Waals surface area contributed by atoms with E-state index in [1.807, 2.05) is 36.8 Å². The van der Waals surface area contributed by atoms with Gasteiger partial charge in [-0.05, 0) is 0 Å². The standard InChI is InChI=1S/C15H21NS2Se/c1-15(2,3)18-13(19-14(17)16(4)5)11-12-9-7-6-8-10-12/h6-11H,1-5H3/b13-11-. The van der Waals surface area contributed by atoms with E-state index in [2.05, 4.69) is 51.1 Å². The summed E-state index contributed by atoms with van der Waals surface area (Å²) in [5, 5.41) is 0. The molecule has 0 saturated carbocycles. The van der Waals surface area contributed by atoms with Crippen LogP contribution in [0.1, 0.15) is 26.3 Å². The van der Waals surface area contributed by atoms with Gasteiger partial charge < -0.3 is 0 Å². The molecule has 1 nitrogen and oxygen atoms in total. The third-order valence-electron chi connectivity index (χ3n) is 2.04. The number of rotatable bonds is 4. The summed E-state index contributed by atoms with van der Waals surface area (Å²) in [6.07, 6.45) is 2.27. The summed E-state index contributed by atoms with van der Waals surface area (Å²) in [7, 11) is 4.04. The molecule has 0 saturated heterocycles. The Labute approximate surface area is 133 Å². The summed E-state index contributed by atoms with van der Waals surface area (Å²) >= 11 is 7.59. The van der Waals surface area contributed by atoms with Crippen LogP contribution < -0.4 is 0 Å². The van der Waals surface area contributed by atoms with Gasteiger partial charge in [0.2, 0.25) is 0 Å². The van der Waals surface area contributed by atoms with Gasteiger partial charge in [0.05, 0.1) is 0 Å². The summed E-state index contributed by atoms with van der Waals surface area (Å²) in [5.74, 6) is 0. The Bertz CT molecular complexity index is 447. The number of hydrogen-bond acceptors (Lipinski definition) is 2. The Morgan fingerprint density at radius 2 is 1.79 bits per heavy atom. The molecule has 0 aliphatic carbocycles. The van der Waals surface area contributed by atoms with Crippen molar-refractivity contribution < 1.29 is 0 Å². The van der Waals surface area contributed by atoms with Crippen LogP contribution in [0.4, 0.5) is 0 Å². The van der Waals surface area contributed by atoms with E-state index in [4.69, 9.17) is 12.2 Å². The molecular formula is C15H21NS2Se. The molecule has 0 heterocycles. The second kappa shape index (κ2) is 7.49. The van der Waals surface area contributed by atoms with Crippen molar-refractivity contribution in [3.05, 3.63) is 39.7 Å². The van der Waals surface area contributed by atoms with Crippen molar-refractivity contribution in [3.63, 3.8) is 0 Å². The van der Waals surface area contributed by atoms with Crippen molar-refractivity contribution in [1.82, 2.24) is 4.90 Å².